The predicted molar refractivity (Wildman–Crippen MR) is 83.0 cm³/mol. The highest BCUT2D eigenvalue weighted by Gasteiger charge is 2.13. The third-order valence-corrected chi connectivity index (χ3v) is 3.80. The number of hydrogen-bond donors (Lipinski definition) is 1. The Hall–Kier alpha value is -2.01. The number of para-hydroxylation sites is 1. The Morgan fingerprint density at radius 2 is 1.95 bits per heavy atom. The van der Waals surface area contributed by atoms with Gasteiger partial charge in [-0.3, -0.25) is 0 Å². The SMILES string of the molecule is c1ccc(OCc2cc(OCCNC3CCCC3)no2)cc1. The van der Waals surface area contributed by atoms with E-state index in [2.05, 4.69) is 10.5 Å². The second kappa shape index (κ2) is 7.84. The highest BCUT2D eigenvalue weighted by atomic mass is 16.5. The van der Waals surface area contributed by atoms with Crippen molar-refractivity contribution in [3.05, 3.63) is 42.2 Å². The van der Waals surface area contributed by atoms with Crippen LogP contribution in [0.2, 0.25) is 0 Å². The highest BCUT2D eigenvalue weighted by molar-refractivity contribution is 5.21. The summed E-state index contributed by atoms with van der Waals surface area (Å²) in [5.74, 6) is 1.98. The molecule has 1 aliphatic carbocycles. The highest BCUT2D eigenvalue weighted by Crippen LogP contribution is 2.17. The lowest BCUT2D eigenvalue weighted by Crippen LogP contribution is -2.30. The Kier molecular flexibility index (Phi) is 5.32. The predicted octanol–water partition coefficient (Wildman–Crippen LogP) is 3.16. The van der Waals surface area contributed by atoms with Gasteiger partial charge in [-0.15, -0.1) is 0 Å². The second-order valence-corrected chi connectivity index (χ2v) is 5.52. The molecule has 0 amide bonds. The summed E-state index contributed by atoms with van der Waals surface area (Å²) < 4.78 is 16.4. The van der Waals surface area contributed by atoms with Crippen molar-refractivity contribution in [3.8, 4) is 11.6 Å². The van der Waals surface area contributed by atoms with E-state index in [1.165, 1.54) is 25.7 Å². The fourth-order valence-corrected chi connectivity index (χ4v) is 2.65. The van der Waals surface area contributed by atoms with Crippen molar-refractivity contribution in [2.45, 2.75) is 38.3 Å². The molecule has 0 radical (unpaired) electrons. The van der Waals surface area contributed by atoms with Crippen LogP contribution in [0.1, 0.15) is 31.4 Å². The fraction of sp³-hybridized carbons (Fsp3) is 0.471. The van der Waals surface area contributed by atoms with Gasteiger partial charge in [0.1, 0.15) is 19.0 Å². The summed E-state index contributed by atoms with van der Waals surface area (Å²) in [6.07, 6.45) is 5.25. The molecule has 1 fully saturated rings. The molecule has 5 heteroatoms. The van der Waals surface area contributed by atoms with Gasteiger partial charge in [0.2, 0.25) is 0 Å². The van der Waals surface area contributed by atoms with Crippen LogP contribution in [-0.4, -0.2) is 24.4 Å². The van der Waals surface area contributed by atoms with Crippen LogP contribution in [0, 0.1) is 0 Å². The van der Waals surface area contributed by atoms with Crippen LogP contribution in [-0.2, 0) is 6.61 Å². The molecule has 118 valence electrons. The van der Waals surface area contributed by atoms with Gasteiger partial charge in [0.15, 0.2) is 5.76 Å². The van der Waals surface area contributed by atoms with Gasteiger partial charge in [-0.1, -0.05) is 31.0 Å². The molecule has 0 aliphatic heterocycles. The Balaban J connectivity index is 1.35. The molecule has 0 saturated heterocycles. The zero-order chi connectivity index (χ0) is 15.0. The van der Waals surface area contributed by atoms with Crippen LogP contribution >= 0.6 is 0 Å². The van der Waals surface area contributed by atoms with E-state index in [4.69, 9.17) is 14.0 Å². The monoisotopic (exact) mass is 302 g/mol. The topological polar surface area (TPSA) is 56.5 Å². The number of aromatic nitrogens is 1. The van der Waals surface area contributed by atoms with Gasteiger partial charge in [0.05, 0.1) is 0 Å². The number of nitrogens with zero attached hydrogens (tertiary/aromatic N) is 1. The standard InChI is InChI=1S/C17H22N2O3/c1-2-8-15(9-3-1)21-13-16-12-17(19-22-16)20-11-10-18-14-6-4-5-7-14/h1-3,8-9,12,14,18H,4-7,10-11,13H2. The summed E-state index contributed by atoms with van der Waals surface area (Å²) in [6, 6.07) is 12.1. The summed E-state index contributed by atoms with van der Waals surface area (Å²) in [4.78, 5) is 0. The summed E-state index contributed by atoms with van der Waals surface area (Å²) in [7, 11) is 0. The number of ether oxygens (including phenoxy) is 2. The molecule has 1 aliphatic rings. The molecule has 1 saturated carbocycles. The minimum Gasteiger partial charge on any atom is -0.486 e. The van der Waals surface area contributed by atoms with Crippen molar-refractivity contribution in [2.24, 2.45) is 0 Å². The van der Waals surface area contributed by atoms with E-state index >= 15 is 0 Å². The van der Waals surface area contributed by atoms with Crippen molar-refractivity contribution < 1.29 is 14.0 Å². The largest absolute Gasteiger partial charge is 0.486 e. The molecular formula is C17H22N2O3. The first-order chi connectivity index (χ1) is 10.9. The molecule has 1 heterocycles. The zero-order valence-corrected chi connectivity index (χ0v) is 12.7. The van der Waals surface area contributed by atoms with Crippen molar-refractivity contribution in [3.63, 3.8) is 0 Å². The van der Waals surface area contributed by atoms with Gasteiger partial charge in [-0.25, -0.2) is 0 Å². The molecule has 2 aromatic rings. The van der Waals surface area contributed by atoms with E-state index < -0.39 is 0 Å². The average Bonchev–Trinajstić information content (AvgIpc) is 3.22. The fourth-order valence-electron chi connectivity index (χ4n) is 2.65. The quantitative estimate of drug-likeness (QED) is 0.759. The summed E-state index contributed by atoms with van der Waals surface area (Å²) in [5.41, 5.74) is 0. The van der Waals surface area contributed by atoms with Crippen LogP contribution in [0.5, 0.6) is 11.6 Å². The third kappa shape index (κ3) is 4.49. The first kappa shape index (κ1) is 14.9. The van der Waals surface area contributed by atoms with E-state index in [0.717, 1.165) is 12.3 Å². The summed E-state index contributed by atoms with van der Waals surface area (Å²) >= 11 is 0. The van der Waals surface area contributed by atoms with Crippen molar-refractivity contribution in [2.75, 3.05) is 13.2 Å². The van der Waals surface area contributed by atoms with Crippen LogP contribution in [0.15, 0.2) is 40.9 Å². The lowest BCUT2D eigenvalue weighted by atomic mass is 10.2. The van der Waals surface area contributed by atoms with Gasteiger partial charge in [0.25, 0.3) is 5.88 Å². The maximum absolute atomic E-state index is 5.60. The Morgan fingerprint density at radius 1 is 1.14 bits per heavy atom. The van der Waals surface area contributed by atoms with Crippen molar-refractivity contribution in [1.29, 1.82) is 0 Å². The maximum Gasteiger partial charge on any atom is 0.254 e. The van der Waals surface area contributed by atoms with Crippen LogP contribution < -0.4 is 14.8 Å². The first-order valence-electron chi connectivity index (χ1n) is 7.90. The molecule has 0 spiro atoms. The molecular weight excluding hydrogens is 280 g/mol. The minimum absolute atomic E-state index is 0.348. The van der Waals surface area contributed by atoms with E-state index in [1.54, 1.807) is 6.07 Å². The Labute approximate surface area is 130 Å². The molecule has 1 N–H and O–H groups in total. The van der Waals surface area contributed by atoms with E-state index in [-0.39, 0.29) is 0 Å². The number of benzene rings is 1. The van der Waals surface area contributed by atoms with Crippen LogP contribution in [0.3, 0.4) is 0 Å². The maximum atomic E-state index is 5.60. The molecule has 0 atom stereocenters. The molecule has 3 rings (SSSR count). The lowest BCUT2D eigenvalue weighted by Gasteiger charge is -2.10. The lowest BCUT2D eigenvalue weighted by molar-refractivity contribution is 0.237. The number of hydrogen-bond acceptors (Lipinski definition) is 5. The van der Waals surface area contributed by atoms with Gasteiger partial charge in [-0.2, -0.15) is 0 Å². The first-order valence-corrected chi connectivity index (χ1v) is 7.90. The van der Waals surface area contributed by atoms with E-state index in [9.17, 15) is 0 Å². The van der Waals surface area contributed by atoms with Gasteiger partial charge < -0.3 is 19.3 Å². The Bertz CT molecular complexity index is 550. The summed E-state index contributed by atoms with van der Waals surface area (Å²) in [6.45, 7) is 1.79. The van der Waals surface area contributed by atoms with Gasteiger partial charge in [-0.05, 0) is 30.1 Å². The van der Waals surface area contributed by atoms with Gasteiger partial charge >= 0.3 is 0 Å². The van der Waals surface area contributed by atoms with Gasteiger partial charge in [0, 0.05) is 18.7 Å². The molecule has 5 nitrogen and oxygen atoms in total. The molecule has 22 heavy (non-hydrogen) atoms. The van der Waals surface area contributed by atoms with E-state index in [0.29, 0.717) is 30.9 Å². The molecule has 1 aromatic heterocycles. The third-order valence-electron chi connectivity index (χ3n) is 3.80. The van der Waals surface area contributed by atoms with Crippen molar-refractivity contribution in [1.82, 2.24) is 10.5 Å². The van der Waals surface area contributed by atoms with Crippen LogP contribution in [0.4, 0.5) is 0 Å². The zero-order valence-electron chi connectivity index (χ0n) is 12.7. The smallest absolute Gasteiger partial charge is 0.254 e. The summed E-state index contributed by atoms with van der Waals surface area (Å²) in [5, 5.41) is 7.39. The number of rotatable bonds is 8. The number of nitrogens with one attached hydrogen (secondary N) is 1. The Morgan fingerprint density at radius 3 is 2.77 bits per heavy atom. The second-order valence-electron chi connectivity index (χ2n) is 5.52. The normalized spacial score (nSPS) is 15.1. The average molecular weight is 302 g/mol. The van der Waals surface area contributed by atoms with Crippen LogP contribution in [0.25, 0.3) is 0 Å². The minimum atomic E-state index is 0.348. The van der Waals surface area contributed by atoms with E-state index in [1.807, 2.05) is 30.3 Å². The molecule has 0 unspecified atom stereocenters. The molecule has 1 aromatic carbocycles. The molecule has 0 bridgehead atoms. The van der Waals surface area contributed by atoms with Crippen molar-refractivity contribution >= 4 is 0 Å².